The summed E-state index contributed by atoms with van der Waals surface area (Å²) in [7, 11) is 0. The van der Waals surface area contributed by atoms with Gasteiger partial charge in [0.05, 0.1) is 22.9 Å². The number of piperidine rings is 1. The van der Waals surface area contributed by atoms with E-state index in [-0.39, 0.29) is 36.9 Å². The summed E-state index contributed by atoms with van der Waals surface area (Å²) in [5.74, 6) is -1.42. The molecule has 0 unspecified atom stereocenters. The minimum Gasteiger partial charge on any atom is -0.481 e. The smallest absolute Gasteiger partial charge is 0.304 e. The maximum absolute atomic E-state index is 13.8. The first-order valence-electron chi connectivity index (χ1n) is 10.3. The zero-order valence-electron chi connectivity index (χ0n) is 17.6. The number of likely N-dealkylation sites (tertiary alicyclic amines) is 1. The molecule has 0 aliphatic carbocycles. The van der Waals surface area contributed by atoms with Crippen molar-refractivity contribution < 1.29 is 14.7 Å². The number of carboxylic acids is 1. The molecule has 1 aliphatic rings. The van der Waals surface area contributed by atoms with Crippen LogP contribution in [0.25, 0.3) is 0 Å². The van der Waals surface area contributed by atoms with E-state index in [1.807, 2.05) is 25.1 Å². The second kappa shape index (κ2) is 9.55. The molecular weight excluding hydrogens is 437 g/mol. The van der Waals surface area contributed by atoms with E-state index in [1.165, 1.54) is 0 Å². The molecule has 1 fully saturated rings. The van der Waals surface area contributed by atoms with Crippen molar-refractivity contribution >= 4 is 35.1 Å². The topological polar surface area (TPSA) is 96.5 Å². The van der Waals surface area contributed by atoms with Crippen LogP contribution >= 0.6 is 23.2 Å². The van der Waals surface area contributed by atoms with Crippen LogP contribution in [0.3, 0.4) is 0 Å². The summed E-state index contributed by atoms with van der Waals surface area (Å²) >= 11 is 12.4. The van der Waals surface area contributed by atoms with E-state index in [1.54, 1.807) is 36.4 Å². The van der Waals surface area contributed by atoms with E-state index in [0.29, 0.717) is 22.9 Å². The predicted octanol–water partition coefficient (Wildman–Crippen LogP) is 4.66. The molecule has 31 heavy (non-hydrogen) atoms. The maximum Gasteiger partial charge on any atom is 0.304 e. The van der Waals surface area contributed by atoms with Crippen molar-refractivity contribution in [3.63, 3.8) is 0 Å². The van der Waals surface area contributed by atoms with Gasteiger partial charge in [-0.2, -0.15) is 0 Å². The van der Waals surface area contributed by atoms with Crippen molar-refractivity contribution in [3.05, 3.63) is 63.9 Å². The molecule has 1 saturated heterocycles. The highest BCUT2D eigenvalue weighted by Crippen LogP contribution is 2.52. The Labute approximate surface area is 192 Å². The Balaban J connectivity index is 2.22. The van der Waals surface area contributed by atoms with E-state index >= 15 is 0 Å². The normalized spacial score (nSPS) is 24.8. The fourth-order valence-corrected chi connectivity index (χ4v) is 4.96. The summed E-state index contributed by atoms with van der Waals surface area (Å²) in [6.07, 6.45) is 4.03. The lowest BCUT2D eigenvalue weighted by atomic mass is 9.67. The summed E-state index contributed by atoms with van der Waals surface area (Å²) in [6.45, 7) is 3.97. The molecule has 2 aromatic rings. The quantitative estimate of drug-likeness (QED) is 0.621. The molecule has 166 valence electrons. The van der Waals surface area contributed by atoms with E-state index in [2.05, 4.69) is 4.98 Å². The number of aliphatic carboxylic acids is 1. The first-order valence-corrected chi connectivity index (χ1v) is 11.1. The zero-order chi connectivity index (χ0) is 22.8. The molecule has 3 N–H and O–H groups in total. The van der Waals surface area contributed by atoms with Gasteiger partial charge in [0.1, 0.15) is 0 Å². The van der Waals surface area contributed by atoms with Crippen LogP contribution in [-0.2, 0) is 9.59 Å². The van der Waals surface area contributed by atoms with E-state index < -0.39 is 11.4 Å². The van der Waals surface area contributed by atoms with Crippen LogP contribution in [0.15, 0.2) is 42.7 Å². The molecular formula is C23H27Cl2N3O3. The summed E-state index contributed by atoms with van der Waals surface area (Å²) in [5.41, 5.74) is 6.76. The molecule has 4 atom stereocenters. The number of hydrogen-bond acceptors (Lipinski definition) is 4. The zero-order valence-corrected chi connectivity index (χ0v) is 19.1. The lowest BCUT2D eigenvalue weighted by molar-refractivity contribution is -0.160. The average Bonchev–Trinajstić information content (AvgIpc) is 2.72. The number of aromatic nitrogens is 1. The molecule has 1 aromatic heterocycles. The van der Waals surface area contributed by atoms with Gasteiger partial charge in [-0.05, 0) is 42.2 Å². The highest BCUT2D eigenvalue weighted by Gasteiger charge is 2.52. The maximum atomic E-state index is 13.8. The predicted molar refractivity (Wildman–Crippen MR) is 121 cm³/mol. The molecule has 6 nitrogen and oxygen atoms in total. The largest absolute Gasteiger partial charge is 0.481 e. The molecule has 8 heteroatoms. The number of benzene rings is 1. The number of halogens is 2. The van der Waals surface area contributed by atoms with Gasteiger partial charge in [-0.15, -0.1) is 0 Å². The summed E-state index contributed by atoms with van der Waals surface area (Å²) in [6, 6.07) is 8.64. The molecule has 0 saturated carbocycles. The number of carbonyl (C=O) groups is 2. The molecule has 2 heterocycles. The van der Waals surface area contributed by atoms with Crippen molar-refractivity contribution in [1.82, 2.24) is 9.88 Å². The number of nitrogens with two attached hydrogens (primary N) is 1. The van der Waals surface area contributed by atoms with Gasteiger partial charge in [0.25, 0.3) is 0 Å². The fraction of sp³-hybridized carbons (Fsp3) is 0.435. The average molecular weight is 464 g/mol. The van der Waals surface area contributed by atoms with Gasteiger partial charge < -0.3 is 15.7 Å². The Morgan fingerprint density at radius 1 is 1.26 bits per heavy atom. The first kappa shape index (κ1) is 23.5. The summed E-state index contributed by atoms with van der Waals surface area (Å²) in [4.78, 5) is 31.5. The molecule has 1 amide bonds. The first-order chi connectivity index (χ1) is 14.7. The van der Waals surface area contributed by atoms with E-state index in [9.17, 15) is 14.7 Å². The van der Waals surface area contributed by atoms with Gasteiger partial charge in [0, 0.05) is 35.9 Å². The van der Waals surface area contributed by atoms with Crippen LogP contribution < -0.4 is 5.73 Å². The van der Waals surface area contributed by atoms with Gasteiger partial charge >= 0.3 is 5.97 Å². The summed E-state index contributed by atoms with van der Waals surface area (Å²) in [5, 5.41) is 10.6. The van der Waals surface area contributed by atoms with Crippen molar-refractivity contribution in [2.75, 3.05) is 6.54 Å². The summed E-state index contributed by atoms with van der Waals surface area (Å²) < 4.78 is 0. The van der Waals surface area contributed by atoms with Crippen LogP contribution in [0.2, 0.25) is 10.0 Å². The number of pyridine rings is 1. The second-order valence-corrected chi connectivity index (χ2v) is 9.26. The number of amides is 1. The van der Waals surface area contributed by atoms with Crippen LogP contribution in [0.4, 0.5) is 0 Å². The van der Waals surface area contributed by atoms with Gasteiger partial charge in [0.2, 0.25) is 5.91 Å². The highest BCUT2D eigenvalue weighted by molar-refractivity contribution is 6.30. The molecule has 1 aliphatic heterocycles. The Hall–Kier alpha value is -2.15. The third-order valence-electron chi connectivity index (χ3n) is 6.15. The Bertz CT molecular complexity index is 949. The van der Waals surface area contributed by atoms with Crippen molar-refractivity contribution in [1.29, 1.82) is 0 Å². The van der Waals surface area contributed by atoms with Crippen LogP contribution in [0.5, 0.6) is 0 Å². The Morgan fingerprint density at radius 3 is 2.48 bits per heavy atom. The third kappa shape index (κ3) is 4.86. The SMILES string of the molecule is CC[C@@H](CN)N1C(=O)[C@@](C)(CC(=O)O)C[C@H](c2cncc(Cl)c2)[C@H]1c1ccc(Cl)cc1. The monoisotopic (exact) mass is 463 g/mol. The van der Waals surface area contributed by atoms with Gasteiger partial charge in [-0.3, -0.25) is 14.6 Å². The Kier molecular flexibility index (Phi) is 7.24. The number of hydrogen-bond donors (Lipinski definition) is 2. The molecule has 0 spiro atoms. The fourth-order valence-electron chi connectivity index (χ4n) is 4.65. The van der Waals surface area contributed by atoms with Gasteiger partial charge in [0.15, 0.2) is 0 Å². The minimum absolute atomic E-state index is 0.196. The molecule has 0 bridgehead atoms. The molecule has 0 radical (unpaired) electrons. The lowest BCUT2D eigenvalue weighted by Gasteiger charge is -2.51. The highest BCUT2D eigenvalue weighted by atomic mass is 35.5. The number of carboxylic acid groups (broad SMARTS) is 1. The standard InChI is InChI=1S/C23H27Cl2N3O3/c1-3-18(11-26)28-21(14-4-6-16(24)7-5-14)19(15-8-17(25)13-27-12-15)9-23(2,22(28)31)10-20(29)30/h4-8,12-13,18-19,21H,3,9-11,26H2,1-2H3,(H,29,30)/t18-,19+,21+,23+/m0/s1. The lowest BCUT2D eigenvalue weighted by Crippen LogP contribution is -2.57. The third-order valence-corrected chi connectivity index (χ3v) is 6.60. The van der Waals surface area contributed by atoms with Gasteiger partial charge in [-0.25, -0.2) is 0 Å². The minimum atomic E-state index is -1.08. The van der Waals surface area contributed by atoms with Gasteiger partial charge in [-0.1, -0.05) is 49.2 Å². The number of rotatable bonds is 7. The van der Waals surface area contributed by atoms with E-state index in [0.717, 1.165) is 11.1 Å². The van der Waals surface area contributed by atoms with E-state index in [4.69, 9.17) is 28.9 Å². The van der Waals surface area contributed by atoms with Crippen LogP contribution in [-0.4, -0.2) is 39.5 Å². The number of carbonyl (C=O) groups excluding carboxylic acids is 1. The molecule has 3 rings (SSSR count). The molecule has 1 aromatic carbocycles. The van der Waals surface area contributed by atoms with Crippen molar-refractivity contribution in [3.8, 4) is 0 Å². The second-order valence-electron chi connectivity index (χ2n) is 8.38. The number of nitrogens with zero attached hydrogens (tertiary/aromatic N) is 2. The van der Waals surface area contributed by atoms with Crippen molar-refractivity contribution in [2.24, 2.45) is 11.1 Å². The van der Waals surface area contributed by atoms with Crippen molar-refractivity contribution in [2.45, 2.75) is 51.1 Å². The van der Waals surface area contributed by atoms with Crippen LogP contribution in [0, 0.1) is 5.41 Å². The van der Waals surface area contributed by atoms with Crippen LogP contribution in [0.1, 0.15) is 56.2 Å². The Morgan fingerprint density at radius 2 is 1.94 bits per heavy atom.